The molecule has 0 radical (unpaired) electrons. The molecule has 1 unspecified atom stereocenters. The lowest BCUT2D eigenvalue weighted by atomic mass is 10.0. The van der Waals surface area contributed by atoms with Gasteiger partial charge in [-0.15, -0.1) is 0 Å². The summed E-state index contributed by atoms with van der Waals surface area (Å²) >= 11 is 12.3. The number of halogens is 2. The molecule has 134 valence electrons. The third-order valence-electron chi connectivity index (χ3n) is 4.96. The van der Waals surface area contributed by atoms with Gasteiger partial charge in [-0.2, -0.15) is 0 Å². The van der Waals surface area contributed by atoms with E-state index in [4.69, 9.17) is 23.2 Å². The lowest BCUT2D eigenvalue weighted by molar-refractivity contribution is 0.160. The van der Waals surface area contributed by atoms with Crippen molar-refractivity contribution in [1.82, 2.24) is 10.2 Å². The molecule has 0 spiro atoms. The molecule has 2 nitrogen and oxygen atoms in total. The molecule has 1 aliphatic heterocycles. The van der Waals surface area contributed by atoms with Crippen LogP contribution in [0.25, 0.3) is 0 Å². The molecule has 1 atom stereocenters. The van der Waals surface area contributed by atoms with Gasteiger partial charge in [-0.05, 0) is 56.1 Å². The van der Waals surface area contributed by atoms with E-state index in [1.54, 1.807) is 0 Å². The van der Waals surface area contributed by atoms with Crippen molar-refractivity contribution in [3.05, 3.63) is 69.2 Å². The smallest absolute Gasteiger partial charge is 0.0472 e. The van der Waals surface area contributed by atoms with Crippen LogP contribution in [0.2, 0.25) is 10.0 Å². The number of hydrogen-bond acceptors (Lipinski definition) is 2. The minimum absolute atomic E-state index is 0.409. The van der Waals surface area contributed by atoms with Crippen LogP contribution in [0.4, 0.5) is 0 Å². The fourth-order valence-electron chi connectivity index (χ4n) is 3.49. The van der Waals surface area contributed by atoms with Crippen molar-refractivity contribution < 1.29 is 0 Å². The van der Waals surface area contributed by atoms with E-state index in [1.807, 2.05) is 18.2 Å². The molecule has 1 heterocycles. The molecule has 0 aliphatic carbocycles. The Labute approximate surface area is 161 Å². The van der Waals surface area contributed by atoms with Crippen LogP contribution in [0.1, 0.15) is 42.0 Å². The van der Waals surface area contributed by atoms with E-state index >= 15 is 0 Å². The lowest BCUT2D eigenvalue weighted by Crippen LogP contribution is -2.39. The average molecular weight is 377 g/mol. The normalized spacial score (nSPS) is 16.8. The van der Waals surface area contributed by atoms with Crippen molar-refractivity contribution >= 4 is 23.2 Å². The molecule has 4 heteroatoms. The Balaban J connectivity index is 1.67. The van der Waals surface area contributed by atoms with Crippen LogP contribution in [-0.2, 0) is 6.54 Å². The predicted molar refractivity (Wildman–Crippen MR) is 108 cm³/mol. The van der Waals surface area contributed by atoms with Gasteiger partial charge in [0.05, 0.1) is 0 Å². The summed E-state index contributed by atoms with van der Waals surface area (Å²) in [5.74, 6) is 0. The van der Waals surface area contributed by atoms with Gasteiger partial charge in [0.15, 0.2) is 0 Å². The zero-order valence-corrected chi connectivity index (χ0v) is 16.3. The van der Waals surface area contributed by atoms with Gasteiger partial charge in [0.2, 0.25) is 0 Å². The fourth-order valence-corrected chi connectivity index (χ4v) is 3.96. The van der Waals surface area contributed by atoms with Crippen molar-refractivity contribution in [2.24, 2.45) is 0 Å². The van der Waals surface area contributed by atoms with Crippen LogP contribution in [0.3, 0.4) is 0 Å². The molecule has 1 N–H and O–H groups in total. The Morgan fingerprint density at radius 2 is 1.72 bits per heavy atom. The van der Waals surface area contributed by atoms with Gasteiger partial charge >= 0.3 is 0 Å². The van der Waals surface area contributed by atoms with Gasteiger partial charge in [0, 0.05) is 29.2 Å². The van der Waals surface area contributed by atoms with Gasteiger partial charge in [-0.3, -0.25) is 4.90 Å². The minimum atomic E-state index is 0.409. The average Bonchev–Trinajstić information content (AvgIpc) is 2.62. The van der Waals surface area contributed by atoms with Crippen LogP contribution in [0.5, 0.6) is 0 Å². The number of piperidine rings is 1. The fraction of sp³-hybridized carbons (Fsp3) is 0.429. The Hall–Kier alpha value is -1.06. The van der Waals surface area contributed by atoms with Crippen LogP contribution in [-0.4, -0.2) is 24.5 Å². The first kappa shape index (κ1) is 18.7. The summed E-state index contributed by atoms with van der Waals surface area (Å²) in [6, 6.07) is 15.1. The lowest BCUT2D eigenvalue weighted by Gasteiger charge is -2.35. The van der Waals surface area contributed by atoms with Crippen LogP contribution in [0.15, 0.2) is 42.5 Å². The zero-order valence-electron chi connectivity index (χ0n) is 14.8. The zero-order chi connectivity index (χ0) is 17.6. The Bertz CT molecular complexity index is 679. The van der Waals surface area contributed by atoms with Crippen LogP contribution in [0, 0.1) is 6.92 Å². The first-order chi connectivity index (χ1) is 12.1. The summed E-state index contributed by atoms with van der Waals surface area (Å²) in [5.41, 5.74) is 3.79. The summed E-state index contributed by atoms with van der Waals surface area (Å²) in [5, 5.41) is 5.01. The monoisotopic (exact) mass is 376 g/mol. The van der Waals surface area contributed by atoms with E-state index in [0.29, 0.717) is 11.1 Å². The molecule has 2 aromatic rings. The van der Waals surface area contributed by atoms with Gasteiger partial charge < -0.3 is 5.32 Å². The molecule has 0 saturated carbocycles. The van der Waals surface area contributed by atoms with Crippen molar-refractivity contribution in [2.45, 2.75) is 38.8 Å². The summed E-state index contributed by atoms with van der Waals surface area (Å²) in [4.78, 5) is 2.62. The summed E-state index contributed by atoms with van der Waals surface area (Å²) in [7, 11) is 0. The number of rotatable bonds is 6. The van der Waals surface area contributed by atoms with Gasteiger partial charge in [0.25, 0.3) is 0 Å². The number of nitrogens with one attached hydrogen (secondary N) is 1. The molecule has 1 aliphatic rings. The Kier molecular flexibility index (Phi) is 6.77. The molecule has 2 aromatic carbocycles. The number of likely N-dealkylation sites (tertiary alicyclic amines) is 1. The maximum absolute atomic E-state index is 6.29. The van der Waals surface area contributed by atoms with E-state index in [0.717, 1.165) is 23.7 Å². The summed E-state index contributed by atoms with van der Waals surface area (Å²) in [6.45, 7) is 6.18. The van der Waals surface area contributed by atoms with E-state index in [-0.39, 0.29) is 0 Å². The summed E-state index contributed by atoms with van der Waals surface area (Å²) < 4.78 is 0. The van der Waals surface area contributed by atoms with Gasteiger partial charge in [0.1, 0.15) is 0 Å². The Morgan fingerprint density at radius 1 is 1.00 bits per heavy atom. The molecule has 25 heavy (non-hydrogen) atoms. The number of nitrogens with zero attached hydrogens (tertiary/aromatic N) is 1. The number of hydrogen-bond donors (Lipinski definition) is 1. The number of aryl methyl sites for hydroxylation is 1. The second-order valence-corrected chi connectivity index (χ2v) is 7.73. The minimum Gasteiger partial charge on any atom is -0.311 e. The highest BCUT2D eigenvalue weighted by Gasteiger charge is 2.22. The van der Waals surface area contributed by atoms with Crippen molar-refractivity contribution in [2.75, 3.05) is 19.6 Å². The Morgan fingerprint density at radius 3 is 2.40 bits per heavy atom. The maximum Gasteiger partial charge on any atom is 0.0472 e. The molecular formula is C21H26Cl2N2. The summed E-state index contributed by atoms with van der Waals surface area (Å²) in [6.07, 6.45) is 3.95. The highest BCUT2D eigenvalue weighted by molar-refractivity contribution is 6.35. The highest BCUT2D eigenvalue weighted by Crippen LogP contribution is 2.25. The predicted octanol–water partition coefficient (Wildman–Crippen LogP) is 5.62. The van der Waals surface area contributed by atoms with Crippen LogP contribution >= 0.6 is 23.2 Å². The first-order valence-corrected chi connectivity index (χ1v) is 9.84. The SMILES string of the molecule is Cc1ccc(C(CNCc2ccc(Cl)cc2Cl)N2CCCCC2)cc1. The third-order valence-corrected chi connectivity index (χ3v) is 5.55. The molecule has 0 aromatic heterocycles. The van der Waals surface area contributed by atoms with E-state index < -0.39 is 0 Å². The number of benzene rings is 2. The van der Waals surface area contributed by atoms with Gasteiger partial charge in [-0.25, -0.2) is 0 Å². The molecular weight excluding hydrogens is 351 g/mol. The molecule has 1 saturated heterocycles. The van der Waals surface area contributed by atoms with Gasteiger partial charge in [-0.1, -0.05) is 65.5 Å². The largest absolute Gasteiger partial charge is 0.311 e. The quantitative estimate of drug-likeness (QED) is 0.703. The van der Waals surface area contributed by atoms with E-state index in [9.17, 15) is 0 Å². The van der Waals surface area contributed by atoms with E-state index in [2.05, 4.69) is 41.4 Å². The van der Waals surface area contributed by atoms with Crippen molar-refractivity contribution in [1.29, 1.82) is 0 Å². The van der Waals surface area contributed by atoms with Crippen molar-refractivity contribution in [3.8, 4) is 0 Å². The highest BCUT2D eigenvalue weighted by atomic mass is 35.5. The maximum atomic E-state index is 6.29. The molecule has 3 rings (SSSR count). The van der Waals surface area contributed by atoms with Crippen molar-refractivity contribution in [3.63, 3.8) is 0 Å². The third kappa shape index (κ3) is 5.21. The standard InChI is InChI=1S/C21H26Cl2N2/c1-16-5-7-17(8-6-16)21(25-11-3-2-4-12-25)15-24-14-18-9-10-19(22)13-20(18)23/h5-10,13,21,24H,2-4,11-12,14-15H2,1H3. The molecule has 1 fully saturated rings. The second kappa shape index (κ2) is 9.05. The van der Waals surface area contributed by atoms with E-state index in [1.165, 1.54) is 43.5 Å². The topological polar surface area (TPSA) is 15.3 Å². The molecule has 0 bridgehead atoms. The molecule has 0 amide bonds. The first-order valence-electron chi connectivity index (χ1n) is 9.09. The second-order valence-electron chi connectivity index (χ2n) is 6.89. The van der Waals surface area contributed by atoms with Crippen LogP contribution < -0.4 is 5.32 Å².